The molecule has 1 aliphatic rings. The van der Waals surface area contributed by atoms with Gasteiger partial charge in [0.15, 0.2) is 6.04 Å². The Labute approximate surface area is 103 Å². The van der Waals surface area contributed by atoms with Crippen molar-refractivity contribution >= 4 is 34.4 Å². The molecule has 1 atom stereocenters. The molecule has 0 spiro atoms. The Morgan fingerprint density at radius 3 is 2.94 bits per heavy atom. The zero-order valence-corrected chi connectivity index (χ0v) is 10.2. The normalized spacial score (nSPS) is 19.6. The average Bonchev–Trinajstić information content (AvgIpc) is 2.71. The Morgan fingerprint density at radius 2 is 2.38 bits per heavy atom. The van der Waals surface area contributed by atoms with Crippen molar-refractivity contribution in [3.05, 3.63) is 34.3 Å². The standard InChI is InChI=1S/C11H10ClNO2S/c1-6-2-3-7(4-8(6)12)10-13-9(5-16-10)11(14)15/h2-4,9H,5H2,1H3,(H,14,15). The lowest BCUT2D eigenvalue weighted by Gasteiger charge is -2.02. The first-order valence-corrected chi connectivity index (χ1v) is 6.14. The van der Waals surface area contributed by atoms with Gasteiger partial charge in [-0.3, -0.25) is 4.99 Å². The molecular formula is C11H10ClNO2S. The van der Waals surface area contributed by atoms with Crippen LogP contribution in [0, 0.1) is 6.92 Å². The van der Waals surface area contributed by atoms with Gasteiger partial charge >= 0.3 is 5.97 Å². The molecule has 1 aromatic carbocycles. The van der Waals surface area contributed by atoms with Crippen LogP contribution in [-0.2, 0) is 4.79 Å². The van der Waals surface area contributed by atoms with Gasteiger partial charge < -0.3 is 5.11 Å². The quantitative estimate of drug-likeness (QED) is 0.884. The molecule has 16 heavy (non-hydrogen) atoms. The smallest absolute Gasteiger partial charge is 0.329 e. The highest BCUT2D eigenvalue weighted by Crippen LogP contribution is 2.26. The van der Waals surface area contributed by atoms with E-state index in [-0.39, 0.29) is 0 Å². The van der Waals surface area contributed by atoms with Crippen molar-refractivity contribution in [1.82, 2.24) is 0 Å². The van der Waals surface area contributed by atoms with Crippen LogP contribution in [0.25, 0.3) is 0 Å². The minimum Gasteiger partial charge on any atom is -0.480 e. The Kier molecular flexibility index (Phi) is 3.21. The summed E-state index contributed by atoms with van der Waals surface area (Å²) in [6.07, 6.45) is 0. The first-order chi connectivity index (χ1) is 7.58. The number of thioether (sulfide) groups is 1. The number of carboxylic acids is 1. The van der Waals surface area contributed by atoms with Gasteiger partial charge in [-0.15, -0.1) is 11.8 Å². The molecule has 1 N–H and O–H groups in total. The van der Waals surface area contributed by atoms with Crippen molar-refractivity contribution in [1.29, 1.82) is 0 Å². The Morgan fingerprint density at radius 1 is 1.62 bits per heavy atom. The van der Waals surface area contributed by atoms with Crippen LogP contribution in [0.5, 0.6) is 0 Å². The number of hydrogen-bond acceptors (Lipinski definition) is 3. The van der Waals surface area contributed by atoms with E-state index in [0.717, 1.165) is 16.2 Å². The zero-order valence-electron chi connectivity index (χ0n) is 8.61. The fourth-order valence-electron chi connectivity index (χ4n) is 1.38. The Hall–Kier alpha value is -1.00. The number of halogens is 1. The predicted octanol–water partition coefficient (Wildman–Crippen LogP) is 2.60. The minimum absolute atomic E-state index is 0.496. The number of carbonyl (C=O) groups is 1. The van der Waals surface area contributed by atoms with Crippen molar-refractivity contribution in [3.63, 3.8) is 0 Å². The number of carboxylic acid groups (broad SMARTS) is 1. The van der Waals surface area contributed by atoms with E-state index in [2.05, 4.69) is 4.99 Å². The second kappa shape index (κ2) is 4.47. The number of nitrogens with zero attached hydrogens (tertiary/aromatic N) is 1. The first kappa shape index (κ1) is 11.5. The van der Waals surface area contributed by atoms with Crippen molar-refractivity contribution in [2.45, 2.75) is 13.0 Å². The number of aliphatic carboxylic acids is 1. The van der Waals surface area contributed by atoms with E-state index in [1.807, 2.05) is 25.1 Å². The molecule has 1 aromatic rings. The van der Waals surface area contributed by atoms with Crippen LogP contribution in [0.1, 0.15) is 11.1 Å². The van der Waals surface area contributed by atoms with Crippen LogP contribution >= 0.6 is 23.4 Å². The lowest BCUT2D eigenvalue weighted by Crippen LogP contribution is -2.17. The van der Waals surface area contributed by atoms with Gasteiger partial charge in [0.2, 0.25) is 0 Å². The van der Waals surface area contributed by atoms with Crippen LogP contribution in [0.2, 0.25) is 5.02 Å². The minimum atomic E-state index is -0.874. The van der Waals surface area contributed by atoms with E-state index in [4.69, 9.17) is 16.7 Å². The molecule has 1 heterocycles. The third-order valence-electron chi connectivity index (χ3n) is 2.35. The molecule has 0 amide bonds. The van der Waals surface area contributed by atoms with Gasteiger partial charge in [0.25, 0.3) is 0 Å². The molecule has 84 valence electrons. The van der Waals surface area contributed by atoms with Crippen molar-refractivity contribution < 1.29 is 9.90 Å². The molecule has 1 aliphatic heterocycles. The highest BCUT2D eigenvalue weighted by atomic mass is 35.5. The summed E-state index contributed by atoms with van der Waals surface area (Å²) in [5.74, 6) is -0.378. The van der Waals surface area contributed by atoms with E-state index in [0.29, 0.717) is 10.8 Å². The molecule has 0 radical (unpaired) electrons. The predicted molar refractivity (Wildman–Crippen MR) is 66.6 cm³/mol. The maximum atomic E-state index is 10.8. The largest absolute Gasteiger partial charge is 0.480 e. The summed E-state index contributed by atoms with van der Waals surface area (Å²) in [7, 11) is 0. The van der Waals surface area contributed by atoms with Crippen molar-refractivity contribution in [2.75, 3.05) is 5.75 Å². The van der Waals surface area contributed by atoms with Gasteiger partial charge in [-0.05, 0) is 18.6 Å². The lowest BCUT2D eigenvalue weighted by atomic mass is 10.1. The zero-order chi connectivity index (χ0) is 11.7. The van der Waals surface area contributed by atoms with Crippen LogP contribution in [0.3, 0.4) is 0 Å². The van der Waals surface area contributed by atoms with E-state index >= 15 is 0 Å². The summed E-state index contributed by atoms with van der Waals surface area (Å²) in [5, 5.41) is 10.3. The fourth-order valence-corrected chi connectivity index (χ4v) is 2.59. The molecule has 0 aliphatic carbocycles. The first-order valence-electron chi connectivity index (χ1n) is 4.78. The molecular weight excluding hydrogens is 246 g/mol. The van der Waals surface area contributed by atoms with Crippen LogP contribution in [0.15, 0.2) is 23.2 Å². The van der Waals surface area contributed by atoms with Crippen LogP contribution < -0.4 is 0 Å². The van der Waals surface area contributed by atoms with Gasteiger partial charge in [-0.1, -0.05) is 23.7 Å². The number of aliphatic imine (C=N–C) groups is 1. The molecule has 0 bridgehead atoms. The van der Waals surface area contributed by atoms with E-state index in [9.17, 15) is 4.79 Å². The van der Waals surface area contributed by atoms with Crippen molar-refractivity contribution in [2.24, 2.45) is 4.99 Å². The molecule has 3 nitrogen and oxygen atoms in total. The second-order valence-corrected chi connectivity index (χ2v) is 4.98. The van der Waals surface area contributed by atoms with E-state index in [1.165, 1.54) is 11.8 Å². The van der Waals surface area contributed by atoms with Gasteiger partial charge in [-0.2, -0.15) is 0 Å². The van der Waals surface area contributed by atoms with Crippen LogP contribution in [-0.4, -0.2) is 27.9 Å². The molecule has 2 rings (SSSR count). The van der Waals surface area contributed by atoms with Gasteiger partial charge in [0, 0.05) is 16.3 Å². The van der Waals surface area contributed by atoms with E-state index in [1.54, 1.807) is 0 Å². The third kappa shape index (κ3) is 2.23. The molecule has 0 saturated carbocycles. The molecule has 0 aromatic heterocycles. The third-order valence-corrected chi connectivity index (χ3v) is 3.86. The van der Waals surface area contributed by atoms with Gasteiger partial charge in [0.05, 0.1) is 5.04 Å². The maximum absolute atomic E-state index is 10.8. The SMILES string of the molecule is Cc1ccc(C2=NC(C(=O)O)CS2)cc1Cl. The summed E-state index contributed by atoms with van der Waals surface area (Å²) in [6, 6.07) is 5.03. The Bertz CT molecular complexity index is 473. The molecule has 0 fully saturated rings. The highest BCUT2D eigenvalue weighted by Gasteiger charge is 2.25. The summed E-state index contributed by atoms with van der Waals surface area (Å²) >= 11 is 7.47. The number of hydrogen-bond donors (Lipinski definition) is 1. The van der Waals surface area contributed by atoms with Gasteiger partial charge in [-0.25, -0.2) is 4.79 Å². The number of rotatable bonds is 2. The summed E-state index contributed by atoms with van der Waals surface area (Å²) in [5.41, 5.74) is 1.90. The Balaban J connectivity index is 2.29. The van der Waals surface area contributed by atoms with Gasteiger partial charge in [0.1, 0.15) is 0 Å². The van der Waals surface area contributed by atoms with E-state index < -0.39 is 12.0 Å². The topological polar surface area (TPSA) is 49.7 Å². The molecule has 1 unspecified atom stereocenters. The van der Waals surface area contributed by atoms with Crippen LogP contribution in [0.4, 0.5) is 0 Å². The second-order valence-electron chi connectivity index (χ2n) is 3.56. The summed E-state index contributed by atoms with van der Waals surface area (Å²) in [6.45, 7) is 1.93. The summed E-state index contributed by atoms with van der Waals surface area (Å²) < 4.78 is 0. The number of benzene rings is 1. The molecule has 5 heteroatoms. The maximum Gasteiger partial charge on any atom is 0.329 e. The highest BCUT2D eigenvalue weighted by molar-refractivity contribution is 8.14. The van der Waals surface area contributed by atoms with Crippen molar-refractivity contribution in [3.8, 4) is 0 Å². The monoisotopic (exact) mass is 255 g/mol. The molecule has 0 saturated heterocycles. The fraction of sp³-hybridized carbons (Fsp3) is 0.273. The number of aryl methyl sites for hydroxylation is 1. The average molecular weight is 256 g/mol. The summed E-state index contributed by atoms with van der Waals surface area (Å²) in [4.78, 5) is 14.9. The lowest BCUT2D eigenvalue weighted by molar-refractivity contribution is -0.137.